The number of aryl methyl sites for hydroxylation is 1. The van der Waals surface area contributed by atoms with Crippen LogP contribution in [0.4, 0.5) is 24.8 Å². The van der Waals surface area contributed by atoms with Crippen molar-refractivity contribution in [3.8, 4) is 5.75 Å². The smallest absolute Gasteiger partial charge is 0.416 e. The molecule has 1 N–H and O–H groups in total. The van der Waals surface area contributed by atoms with Gasteiger partial charge in [0.1, 0.15) is 19.5 Å². The van der Waals surface area contributed by atoms with Gasteiger partial charge in [0.15, 0.2) is 11.4 Å². The molecule has 0 radical (unpaired) electrons. The van der Waals surface area contributed by atoms with Gasteiger partial charge in [0.2, 0.25) is 17.6 Å². The molecular weight excluding hydrogens is 767 g/mol. The monoisotopic (exact) mass is 805 g/mol. The summed E-state index contributed by atoms with van der Waals surface area (Å²) in [6.45, 7) is 6.24. The minimum Gasteiger partial charge on any atom is -0.485 e. The molecule has 1 unspecified atom stereocenters. The Kier molecular flexibility index (Phi) is 10.1. The number of nitrogens with one attached hydrogen (secondary N) is 1. The van der Waals surface area contributed by atoms with Crippen LogP contribution in [0.1, 0.15) is 70.7 Å². The van der Waals surface area contributed by atoms with Gasteiger partial charge in [-0.25, -0.2) is 9.97 Å². The van der Waals surface area contributed by atoms with Crippen LogP contribution >= 0.6 is 11.6 Å². The third kappa shape index (κ3) is 7.29. The molecule has 1 atom stereocenters. The summed E-state index contributed by atoms with van der Waals surface area (Å²) < 4.78 is 54.4. The third-order valence-corrected chi connectivity index (χ3v) is 11.4. The van der Waals surface area contributed by atoms with Gasteiger partial charge < -0.3 is 29.2 Å². The number of anilines is 2. The highest BCUT2D eigenvalue weighted by Crippen LogP contribution is 2.50. The second-order valence-electron chi connectivity index (χ2n) is 14.7. The number of amides is 2. The summed E-state index contributed by atoms with van der Waals surface area (Å²) in [6.07, 6.45) is -1.77. The quantitative estimate of drug-likeness (QED) is 0.216. The van der Waals surface area contributed by atoms with Crippen LogP contribution < -0.4 is 20.5 Å². The van der Waals surface area contributed by atoms with Crippen molar-refractivity contribution in [1.29, 1.82) is 0 Å². The van der Waals surface area contributed by atoms with Gasteiger partial charge in [0.05, 0.1) is 35.2 Å². The van der Waals surface area contributed by atoms with Gasteiger partial charge >= 0.3 is 6.18 Å². The number of ether oxygens (including phenoxy) is 2. The summed E-state index contributed by atoms with van der Waals surface area (Å²) in [5, 5.41) is 7.01. The van der Waals surface area contributed by atoms with Gasteiger partial charge in [-0.05, 0) is 55.9 Å². The highest BCUT2D eigenvalue weighted by molar-refractivity contribution is 6.33. The van der Waals surface area contributed by atoms with E-state index in [-0.39, 0.29) is 52.7 Å². The first kappa shape index (κ1) is 38.3. The first-order valence-electron chi connectivity index (χ1n) is 18.6. The van der Waals surface area contributed by atoms with E-state index in [1.165, 1.54) is 10.8 Å². The molecule has 3 aliphatic rings. The van der Waals surface area contributed by atoms with Crippen LogP contribution in [0.25, 0.3) is 5.78 Å². The molecule has 18 heteroatoms. The van der Waals surface area contributed by atoms with Gasteiger partial charge in [-0.3, -0.25) is 14.4 Å². The number of aromatic nitrogens is 6. The molecule has 0 bridgehead atoms. The van der Waals surface area contributed by atoms with Crippen molar-refractivity contribution < 1.29 is 32.2 Å². The second kappa shape index (κ2) is 15.1. The number of rotatable bonds is 8. The molecule has 2 aromatic carbocycles. The molecule has 298 valence electrons. The Morgan fingerprint density at radius 1 is 1.05 bits per heavy atom. The zero-order valence-corrected chi connectivity index (χ0v) is 31.9. The van der Waals surface area contributed by atoms with Crippen molar-refractivity contribution in [1.82, 2.24) is 34.0 Å². The third-order valence-electron chi connectivity index (χ3n) is 11.1. The van der Waals surface area contributed by atoms with E-state index in [0.29, 0.717) is 87.3 Å². The number of carbonyl (C=O) groups excluding carboxylic acids is 2. The summed E-state index contributed by atoms with van der Waals surface area (Å²) in [6, 6.07) is 12.3. The van der Waals surface area contributed by atoms with Crippen LogP contribution in [0.5, 0.6) is 5.75 Å². The Hall–Kier alpha value is -5.55. The predicted octanol–water partition coefficient (Wildman–Crippen LogP) is 5.40. The SMILES string of the molecule is Cc1ncnc(C(=O)N2CCC3(CC2)CC(C)c2c3c(=O)n3nc(N4CCOCC4)nc3n2CC(=O)Nc2ccc(C(F)(F)F)cc2Cl)c1OCc1ccccc1. The number of carbonyl (C=O) groups is 2. The lowest BCUT2D eigenvalue weighted by Gasteiger charge is -2.39. The number of piperidine rings is 1. The van der Waals surface area contributed by atoms with Crippen molar-refractivity contribution in [2.24, 2.45) is 0 Å². The van der Waals surface area contributed by atoms with Crippen LogP contribution in [-0.2, 0) is 34.3 Å². The Bertz CT molecular complexity index is 2410. The molecule has 5 heterocycles. The normalized spacial score (nSPS) is 17.9. The number of halogens is 4. The van der Waals surface area contributed by atoms with Crippen molar-refractivity contribution in [3.63, 3.8) is 0 Å². The van der Waals surface area contributed by atoms with Gasteiger partial charge in [-0.2, -0.15) is 22.7 Å². The zero-order valence-electron chi connectivity index (χ0n) is 31.2. The molecule has 1 spiro atoms. The fourth-order valence-electron chi connectivity index (χ4n) is 8.30. The average Bonchev–Trinajstić information content (AvgIpc) is 3.77. The number of hydrogen-bond donors (Lipinski definition) is 1. The summed E-state index contributed by atoms with van der Waals surface area (Å²) in [4.78, 5) is 59.4. The van der Waals surface area contributed by atoms with Crippen molar-refractivity contribution in [2.45, 2.75) is 63.8 Å². The van der Waals surface area contributed by atoms with E-state index >= 15 is 0 Å². The van der Waals surface area contributed by atoms with Crippen molar-refractivity contribution in [3.05, 3.63) is 104 Å². The number of likely N-dealkylation sites (tertiary alicyclic amines) is 1. The largest absolute Gasteiger partial charge is 0.485 e. The molecule has 2 fully saturated rings. The van der Waals surface area contributed by atoms with Gasteiger partial charge in [0.25, 0.3) is 11.5 Å². The number of hydrogen-bond acceptors (Lipinski definition) is 10. The van der Waals surface area contributed by atoms with E-state index in [1.807, 2.05) is 42.2 Å². The second-order valence-corrected chi connectivity index (χ2v) is 15.1. The van der Waals surface area contributed by atoms with Gasteiger partial charge in [0, 0.05) is 42.9 Å². The predicted molar refractivity (Wildman–Crippen MR) is 203 cm³/mol. The van der Waals surface area contributed by atoms with Gasteiger partial charge in [-0.1, -0.05) is 48.9 Å². The number of fused-ring (bicyclic) bond motifs is 3. The van der Waals surface area contributed by atoms with Crippen LogP contribution in [0.15, 0.2) is 59.7 Å². The molecule has 1 aliphatic carbocycles. The Morgan fingerprint density at radius 3 is 2.49 bits per heavy atom. The molecule has 2 amide bonds. The molecule has 2 saturated heterocycles. The van der Waals surface area contributed by atoms with E-state index in [1.54, 1.807) is 16.4 Å². The lowest BCUT2D eigenvalue weighted by molar-refractivity contribution is -0.137. The summed E-state index contributed by atoms with van der Waals surface area (Å²) in [7, 11) is 0. The van der Waals surface area contributed by atoms with E-state index in [9.17, 15) is 27.6 Å². The minimum atomic E-state index is -4.61. The maximum Gasteiger partial charge on any atom is 0.416 e. The lowest BCUT2D eigenvalue weighted by atomic mass is 9.73. The highest BCUT2D eigenvalue weighted by Gasteiger charge is 2.49. The molecule has 2 aliphatic heterocycles. The molecule has 3 aromatic heterocycles. The van der Waals surface area contributed by atoms with E-state index in [2.05, 4.69) is 20.4 Å². The molecule has 8 rings (SSSR count). The summed E-state index contributed by atoms with van der Waals surface area (Å²) >= 11 is 6.19. The van der Waals surface area contributed by atoms with Crippen molar-refractivity contribution >= 4 is 40.8 Å². The number of morpholine rings is 1. The van der Waals surface area contributed by atoms with Gasteiger partial charge in [-0.15, -0.1) is 5.10 Å². The minimum absolute atomic E-state index is 0.00733. The first-order chi connectivity index (χ1) is 27.3. The topological polar surface area (TPSA) is 149 Å². The van der Waals surface area contributed by atoms with E-state index in [4.69, 9.17) is 26.1 Å². The molecule has 5 aromatic rings. The first-order valence-corrected chi connectivity index (χ1v) is 19.0. The Labute approximate surface area is 329 Å². The van der Waals surface area contributed by atoms with Crippen LogP contribution in [0.2, 0.25) is 5.02 Å². The van der Waals surface area contributed by atoms with E-state index < -0.39 is 23.1 Å². The Balaban J connectivity index is 1.10. The van der Waals surface area contributed by atoms with Crippen LogP contribution in [0.3, 0.4) is 0 Å². The highest BCUT2D eigenvalue weighted by atomic mass is 35.5. The fourth-order valence-corrected chi connectivity index (χ4v) is 8.52. The fraction of sp³-hybridized carbons (Fsp3) is 0.410. The molecule has 0 saturated carbocycles. The summed E-state index contributed by atoms with van der Waals surface area (Å²) in [5.74, 6) is -0.302. The van der Waals surface area contributed by atoms with Crippen LogP contribution in [-0.4, -0.2) is 85.2 Å². The zero-order chi connectivity index (χ0) is 40.1. The average molecular weight is 806 g/mol. The molecule has 14 nitrogen and oxygen atoms in total. The van der Waals surface area contributed by atoms with Crippen molar-refractivity contribution in [2.75, 3.05) is 49.6 Å². The molecular formula is C39H39ClF3N9O5. The number of alkyl halides is 3. The molecule has 57 heavy (non-hydrogen) atoms. The van der Waals surface area contributed by atoms with Crippen LogP contribution in [0, 0.1) is 6.92 Å². The Morgan fingerprint density at radius 2 is 1.79 bits per heavy atom. The van der Waals surface area contributed by atoms with E-state index in [0.717, 1.165) is 23.8 Å². The number of benzene rings is 2. The number of nitrogens with zero attached hydrogens (tertiary/aromatic N) is 8. The lowest BCUT2D eigenvalue weighted by Crippen LogP contribution is -2.47. The maximum absolute atomic E-state index is 14.6. The summed E-state index contributed by atoms with van der Waals surface area (Å²) in [5.41, 5.74) is 0.840. The standard InChI is InChI=1S/C39H39ClF3N9O5/c1-23-19-38(10-12-49(13-11-38)35(55)31-33(24(2)44-22-45-31)57-21-25-6-4-3-5-7-25)30-32(23)51(20-29(53)46-28-9-8-26(18-27(28)40)39(41,42)43)37-47-36(48-52(37)34(30)54)50-14-16-56-17-15-50/h3-9,18,22-23H,10-17,19-21H2,1-2H3,(H,46,53). The maximum atomic E-state index is 14.6.